The van der Waals surface area contributed by atoms with Crippen LogP contribution in [0.5, 0.6) is 0 Å². The largest absolute Gasteiger partial charge is 0.166 e. The Morgan fingerprint density at radius 2 is 1.33 bits per heavy atom. The van der Waals surface area contributed by atoms with E-state index in [9.17, 15) is 0 Å². The van der Waals surface area contributed by atoms with Gasteiger partial charge in [-0.2, -0.15) is 11.1 Å². The van der Waals surface area contributed by atoms with Crippen molar-refractivity contribution in [2.24, 2.45) is 11.8 Å². The van der Waals surface area contributed by atoms with Crippen LogP contribution in [0.1, 0.15) is 54.9 Å². The lowest BCUT2D eigenvalue weighted by atomic mass is 10.1. The van der Waals surface area contributed by atoms with Gasteiger partial charge in [0.2, 0.25) is 0 Å². The van der Waals surface area contributed by atoms with Gasteiger partial charge in [-0.25, -0.2) is 0 Å². The molecule has 0 amide bonds. The van der Waals surface area contributed by atoms with E-state index >= 15 is 0 Å². The summed E-state index contributed by atoms with van der Waals surface area (Å²) in [5, 5.41) is 0.364. The van der Waals surface area contributed by atoms with Crippen molar-refractivity contribution in [3.05, 3.63) is 0 Å². The molecule has 0 aromatic heterocycles. The van der Waals surface area contributed by atoms with Crippen LogP contribution in [-0.2, 0) is 0 Å². The molecule has 0 spiro atoms. The summed E-state index contributed by atoms with van der Waals surface area (Å²) in [7, 11) is -1.63. The normalized spacial score (nSPS) is 14.0. The van der Waals surface area contributed by atoms with Crippen LogP contribution in [0, 0.1) is 11.8 Å². The van der Waals surface area contributed by atoms with E-state index in [2.05, 4.69) is 48.5 Å². The molecule has 92 valence electrons. The fourth-order valence-corrected chi connectivity index (χ4v) is 8.99. The van der Waals surface area contributed by atoms with E-state index in [1.54, 1.807) is 0 Å². The predicted octanol–water partition coefficient (Wildman–Crippen LogP) is 5.67. The molecule has 0 saturated carbocycles. The van der Waals surface area contributed by atoms with Crippen molar-refractivity contribution in [2.75, 3.05) is 0 Å². The highest BCUT2D eigenvalue weighted by Gasteiger charge is 2.45. The summed E-state index contributed by atoms with van der Waals surface area (Å²) in [5.74, 6) is 1.47. The lowest BCUT2D eigenvalue weighted by molar-refractivity contribution is 0.579. The molecule has 2 heteroatoms. The molecule has 0 heterocycles. The SMILES string of the molecule is CCC(C)(C)[Si](Cl)(CC(C)C)CC(C)C. The molecule has 0 aliphatic rings. The summed E-state index contributed by atoms with van der Waals surface area (Å²) in [4.78, 5) is 0. The molecule has 0 fully saturated rings. The highest BCUT2D eigenvalue weighted by molar-refractivity contribution is 7.22. The smallest absolute Gasteiger partial charge is 0.162 e. The van der Waals surface area contributed by atoms with Crippen molar-refractivity contribution in [3.63, 3.8) is 0 Å². The first-order valence-electron chi connectivity index (χ1n) is 6.33. The number of halogens is 1. The maximum Gasteiger partial charge on any atom is 0.162 e. The van der Waals surface area contributed by atoms with Crippen LogP contribution >= 0.6 is 11.1 Å². The molecule has 0 aliphatic carbocycles. The van der Waals surface area contributed by atoms with E-state index in [1.165, 1.54) is 18.5 Å². The van der Waals surface area contributed by atoms with Crippen molar-refractivity contribution < 1.29 is 0 Å². The predicted molar refractivity (Wildman–Crippen MR) is 75.2 cm³/mol. The second-order valence-electron chi connectivity index (χ2n) is 6.40. The van der Waals surface area contributed by atoms with Crippen LogP contribution in [0.4, 0.5) is 0 Å². The quantitative estimate of drug-likeness (QED) is 0.420. The van der Waals surface area contributed by atoms with Crippen LogP contribution in [-0.4, -0.2) is 7.38 Å². The van der Waals surface area contributed by atoms with E-state index in [4.69, 9.17) is 11.1 Å². The van der Waals surface area contributed by atoms with Crippen molar-refractivity contribution in [1.82, 2.24) is 0 Å². The standard InChI is InChI=1S/C13H29ClSi/c1-8-13(6,7)15(14,9-11(2)3)10-12(4)5/h11-12H,8-10H2,1-7H3. The molecule has 0 aliphatic heterocycles. The zero-order valence-electron chi connectivity index (χ0n) is 11.7. The summed E-state index contributed by atoms with van der Waals surface area (Å²) < 4.78 is 0. The van der Waals surface area contributed by atoms with Gasteiger partial charge in [0.05, 0.1) is 0 Å². The molecule has 0 aromatic rings. The van der Waals surface area contributed by atoms with Gasteiger partial charge in [-0.15, -0.1) is 0 Å². The Bertz CT molecular complexity index is 175. The summed E-state index contributed by atoms with van der Waals surface area (Å²) in [6.07, 6.45) is 1.21. The number of rotatable bonds is 6. The Kier molecular flexibility index (Phi) is 5.92. The fraction of sp³-hybridized carbons (Fsp3) is 1.00. The summed E-state index contributed by atoms with van der Waals surface area (Å²) in [6, 6.07) is 2.52. The van der Waals surface area contributed by atoms with E-state index in [1.807, 2.05) is 0 Å². The fourth-order valence-electron chi connectivity index (χ4n) is 2.25. The molecule has 0 saturated heterocycles. The highest BCUT2D eigenvalue weighted by Crippen LogP contribution is 2.50. The van der Waals surface area contributed by atoms with Crippen LogP contribution in [0.15, 0.2) is 0 Å². The molecule has 0 atom stereocenters. The summed E-state index contributed by atoms with van der Waals surface area (Å²) >= 11 is 7.06. The third-order valence-corrected chi connectivity index (χ3v) is 11.7. The second kappa shape index (κ2) is 5.72. The Morgan fingerprint density at radius 3 is 1.53 bits per heavy atom. The molecule has 0 radical (unpaired) electrons. The maximum atomic E-state index is 7.06. The monoisotopic (exact) mass is 248 g/mol. The first kappa shape index (κ1) is 15.5. The van der Waals surface area contributed by atoms with Gasteiger partial charge >= 0.3 is 0 Å². The lowest BCUT2D eigenvalue weighted by Gasteiger charge is -2.42. The van der Waals surface area contributed by atoms with Crippen LogP contribution in [0.2, 0.25) is 17.1 Å². The highest BCUT2D eigenvalue weighted by atomic mass is 35.6. The van der Waals surface area contributed by atoms with E-state index in [0.29, 0.717) is 5.04 Å². The second-order valence-corrected chi connectivity index (χ2v) is 12.7. The Hall–Kier alpha value is 0.507. The van der Waals surface area contributed by atoms with Gasteiger partial charge in [0, 0.05) is 0 Å². The van der Waals surface area contributed by atoms with E-state index in [-0.39, 0.29) is 0 Å². The molecule has 0 rings (SSSR count). The van der Waals surface area contributed by atoms with Crippen LogP contribution < -0.4 is 0 Å². The van der Waals surface area contributed by atoms with Crippen molar-refractivity contribution >= 4 is 18.5 Å². The van der Waals surface area contributed by atoms with Gasteiger partial charge in [-0.3, -0.25) is 0 Å². The van der Waals surface area contributed by atoms with Gasteiger partial charge < -0.3 is 0 Å². The van der Waals surface area contributed by atoms with Crippen molar-refractivity contribution in [2.45, 2.75) is 72.0 Å². The Balaban J connectivity index is 4.84. The minimum atomic E-state index is -1.63. The molecular weight excluding hydrogens is 220 g/mol. The molecule has 0 unspecified atom stereocenters. The number of hydrogen-bond donors (Lipinski definition) is 0. The minimum absolute atomic E-state index is 0.364. The third kappa shape index (κ3) is 4.48. The van der Waals surface area contributed by atoms with E-state index < -0.39 is 7.38 Å². The first-order chi connectivity index (χ1) is 6.64. The molecule has 15 heavy (non-hydrogen) atoms. The summed E-state index contributed by atoms with van der Waals surface area (Å²) in [6.45, 7) is 16.2. The van der Waals surface area contributed by atoms with Gasteiger partial charge in [-0.05, 0) is 29.0 Å². The molecule has 0 aromatic carbocycles. The molecule has 0 N–H and O–H groups in total. The topological polar surface area (TPSA) is 0 Å². The summed E-state index contributed by atoms with van der Waals surface area (Å²) in [5.41, 5.74) is 0. The maximum absolute atomic E-state index is 7.06. The van der Waals surface area contributed by atoms with Crippen LogP contribution in [0.25, 0.3) is 0 Å². The Morgan fingerprint density at radius 1 is 1.00 bits per heavy atom. The molecular formula is C13H29ClSi. The van der Waals surface area contributed by atoms with Gasteiger partial charge in [0.1, 0.15) is 0 Å². The first-order valence-corrected chi connectivity index (χ1v) is 9.76. The zero-order valence-corrected chi connectivity index (χ0v) is 13.4. The van der Waals surface area contributed by atoms with Crippen LogP contribution in [0.3, 0.4) is 0 Å². The van der Waals surface area contributed by atoms with E-state index in [0.717, 1.165) is 11.8 Å². The van der Waals surface area contributed by atoms with Crippen molar-refractivity contribution in [1.29, 1.82) is 0 Å². The van der Waals surface area contributed by atoms with Gasteiger partial charge in [0.15, 0.2) is 7.38 Å². The lowest BCUT2D eigenvalue weighted by Crippen LogP contribution is -2.41. The third-order valence-electron chi connectivity index (χ3n) is 3.56. The van der Waals surface area contributed by atoms with Gasteiger partial charge in [0.25, 0.3) is 0 Å². The van der Waals surface area contributed by atoms with Gasteiger partial charge in [-0.1, -0.05) is 54.9 Å². The van der Waals surface area contributed by atoms with Crippen molar-refractivity contribution in [3.8, 4) is 0 Å². The average Bonchev–Trinajstić information content (AvgIpc) is 2.00. The Labute approximate surface area is 103 Å². The number of hydrogen-bond acceptors (Lipinski definition) is 0. The average molecular weight is 249 g/mol. The molecule has 0 nitrogen and oxygen atoms in total. The zero-order chi connectivity index (χ0) is 12.3. The minimum Gasteiger partial charge on any atom is -0.166 e. The molecule has 0 bridgehead atoms.